The number of benzene rings is 1. The van der Waals surface area contributed by atoms with Crippen LogP contribution < -0.4 is 0 Å². The lowest BCUT2D eigenvalue weighted by atomic mass is 10.2. The van der Waals surface area contributed by atoms with E-state index in [9.17, 15) is 8.42 Å². The minimum Gasteiger partial charge on any atom is -0.341 e. The van der Waals surface area contributed by atoms with Crippen LogP contribution in [-0.2, 0) is 21.4 Å². The SMILES string of the molecule is O=S(=O)(O)CCN1COCN(Cc2ccccc2)C1=S. The van der Waals surface area contributed by atoms with Gasteiger partial charge in [0.05, 0.1) is 5.75 Å². The van der Waals surface area contributed by atoms with Crippen LogP contribution in [0.4, 0.5) is 0 Å². The normalized spacial score (nSPS) is 16.6. The fraction of sp³-hybridized carbons (Fsp3) is 0.417. The number of ether oxygens (including phenoxy) is 1. The van der Waals surface area contributed by atoms with Crippen molar-refractivity contribution in [2.24, 2.45) is 0 Å². The molecule has 0 unspecified atom stereocenters. The second-order valence-corrected chi connectivity index (χ2v) is 6.42. The topological polar surface area (TPSA) is 70.1 Å². The van der Waals surface area contributed by atoms with Crippen molar-refractivity contribution in [3.8, 4) is 0 Å². The van der Waals surface area contributed by atoms with Gasteiger partial charge in [0.2, 0.25) is 0 Å². The molecule has 1 aromatic carbocycles. The molecule has 0 saturated carbocycles. The van der Waals surface area contributed by atoms with Crippen LogP contribution in [0.15, 0.2) is 30.3 Å². The molecule has 2 rings (SSSR count). The van der Waals surface area contributed by atoms with E-state index in [-0.39, 0.29) is 19.0 Å². The number of hydrogen-bond donors (Lipinski definition) is 1. The molecule has 0 bridgehead atoms. The molecule has 0 aromatic heterocycles. The van der Waals surface area contributed by atoms with Crippen LogP contribution in [0.3, 0.4) is 0 Å². The summed E-state index contributed by atoms with van der Waals surface area (Å²) < 4.78 is 35.7. The van der Waals surface area contributed by atoms with Gasteiger partial charge >= 0.3 is 0 Å². The largest absolute Gasteiger partial charge is 0.341 e. The van der Waals surface area contributed by atoms with Crippen LogP contribution in [-0.4, -0.2) is 53.6 Å². The number of thiocarbonyl (C=S) groups is 1. The van der Waals surface area contributed by atoms with Crippen LogP contribution in [0.2, 0.25) is 0 Å². The molecular formula is C12H16N2O4S2. The van der Waals surface area contributed by atoms with Crippen molar-refractivity contribution in [2.75, 3.05) is 25.8 Å². The van der Waals surface area contributed by atoms with Crippen molar-refractivity contribution in [1.29, 1.82) is 0 Å². The van der Waals surface area contributed by atoms with Crippen LogP contribution in [0.1, 0.15) is 5.56 Å². The predicted octanol–water partition coefficient (Wildman–Crippen LogP) is 0.909. The van der Waals surface area contributed by atoms with Gasteiger partial charge in [0.25, 0.3) is 10.1 Å². The van der Waals surface area contributed by atoms with Crippen molar-refractivity contribution in [2.45, 2.75) is 6.54 Å². The Morgan fingerprint density at radius 1 is 1.20 bits per heavy atom. The lowest BCUT2D eigenvalue weighted by molar-refractivity contribution is -0.0242. The maximum absolute atomic E-state index is 10.8. The molecule has 20 heavy (non-hydrogen) atoms. The van der Waals surface area contributed by atoms with Gasteiger partial charge in [-0.2, -0.15) is 8.42 Å². The van der Waals surface area contributed by atoms with E-state index in [0.717, 1.165) is 5.56 Å². The van der Waals surface area contributed by atoms with E-state index in [2.05, 4.69) is 0 Å². The monoisotopic (exact) mass is 316 g/mol. The second-order valence-electron chi connectivity index (χ2n) is 4.48. The van der Waals surface area contributed by atoms with Crippen LogP contribution in [0, 0.1) is 0 Å². The molecule has 1 N–H and O–H groups in total. The zero-order valence-corrected chi connectivity index (χ0v) is 12.4. The third-order valence-electron chi connectivity index (χ3n) is 2.87. The highest BCUT2D eigenvalue weighted by Gasteiger charge is 2.23. The van der Waals surface area contributed by atoms with Gasteiger partial charge in [0.15, 0.2) is 5.11 Å². The summed E-state index contributed by atoms with van der Waals surface area (Å²) >= 11 is 5.33. The van der Waals surface area contributed by atoms with Crippen molar-refractivity contribution >= 4 is 27.4 Å². The van der Waals surface area contributed by atoms with Gasteiger partial charge < -0.3 is 14.5 Å². The van der Waals surface area contributed by atoms with Gasteiger partial charge in [0, 0.05) is 13.1 Å². The summed E-state index contributed by atoms with van der Waals surface area (Å²) in [5, 5.41) is 0.531. The fourth-order valence-corrected chi connectivity index (χ4v) is 2.59. The smallest absolute Gasteiger partial charge is 0.266 e. The van der Waals surface area contributed by atoms with E-state index in [0.29, 0.717) is 18.4 Å². The minimum absolute atomic E-state index is 0.114. The van der Waals surface area contributed by atoms with Crippen molar-refractivity contribution in [1.82, 2.24) is 9.80 Å². The minimum atomic E-state index is -4.00. The maximum Gasteiger partial charge on any atom is 0.266 e. The molecule has 0 atom stereocenters. The standard InChI is InChI=1S/C12H16N2O4S2/c15-20(16,17)7-6-13-9-18-10-14(12(13)19)8-11-4-2-1-3-5-11/h1-5H,6-10H2,(H,15,16,17). The molecule has 1 aliphatic rings. The molecule has 110 valence electrons. The number of hydrogen-bond acceptors (Lipinski definition) is 4. The summed E-state index contributed by atoms with van der Waals surface area (Å²) in [4.78, 5) is 3.47. The molecule has 6 nitrogen and oxygen atoms in total. The van der Waals surface area contributed by atoms with E-state index < -0.39 is 10.1 Å². The Labute approximate surface area is 123 Å². The van der Waals surface area contributed by atoms with E-state index in [1.165, 1.54) is 0 Å². The summed E-state index contributed by atoms with van der Waals surface area (Å²) in [5.74, 6) is -0.365. The predicted molar refractivity (Wildman–Crippen MR) is 78.5 cm³/mol. The van der Waals surface area contributed by atoms with E-state index >= 15 is 0 Å². The van der Waals surface area contributed by atoms with Crippen molar-refractivity contribution < 1.29 is 17.7 Å². The van der Waals surface area contributed by atoms with Gasteiger partial charge in [-0.05, 0) is 17.8 Å². The molecule has 8 heteroatoms. The molecule has 0 amide bonds. The van der Waals surface area contributed by atoms with Gasteiger partial charge in [-0.3, -0.25) is 4.55 Å². The number of nitrogens with zero attached hydrogens (tertiary/aromatic N) is 2. The highest BCUT2D eigenvalue weighted by atomic mass is 32.2. The molecular weight excluding hydrogens is 300 g/mol. The molecule has 1 fully saturated rings. The highest BCUT2D eigenvalue weighted by Crippen LogP contribution is 2.12. The first kappa shape index (κ1) is 15.2. The van der Waals surface area contributed by atoms with Crippen LogP contribution in [0.5, 0.6) is 0 Å². The zero-order valence-electron chi connectivity index (χ0n) is 10.8. The third-order valence-corrected chi connectivity index (χ3v) is 4.09. The Morgan fingerprint density at radius 2 is 1.85 bits per heavy atom. The summed E-state index contributed by atoms with van der Waals surface area (Å²) in [6.45, 7) is 1.32. The first-order chi connectivity index (χ1) is 9.46. The quantitative estimate of drug-likeness (QED) is 0.639. The number of rotatable bonds is 5. The van der Waals surface area contributed by atoms with E-state index in [1.807, 2.05) is 35.2 Å². The Balaban J connectivity index is 1.96. The Kier molecular flexibility index (Phi) is 4.92. The Bertz CT molecular complexity index is 562. The van der Waals surface area contributed by atoms with E-state index in [1.54, 1.807) is 4.90 Å². The molecule has 0 radical (unpaired) electrons. The summed E-state index contributed by atoms with van der Waals surface area (Å²) in [7, 11) is -4.00. The van der Waals surface area contributed by atoms with Crippen LogP contribution >= 0.6 is 12.2 Å². The lowest BCUT2D eigenvalue weighted by Gasteiger charge is -2.38. The van der Waals surface area contributed by atoms with Crippen molar-refractivity contribution in [3.05, 3.63) is 35.9 Å². The molecule has 0 spiro atoms. The second kappa shape index (κ2) is 6.49. The first-order valence-electron chi connectivity index (χ1n) is 6.06. The van der Waals surface area contributed by atoms with Crippen molar-refractivity contribution in [3.63, 3.8) is 0 Å². The third kappa shape index (κ3) is 4.41. The van der Waals surface area contributed by atoms with Gasteiger partial charge in [-0.25, -0.2) is 0 Å². The highest BCUT2D eigenvalue weighted by molar-refractivity contribution is 7.85. The van der Waals surface area contributed by atoms with E-state index in [4.69, 9.17) is 21.5 Å². The molecule has 0 aliphatic carbocycles. The summed E-state index contributed by atoms with van der Waals surface area (Å²) in [6.07, 6.45) is 0. The molecule has 1 saturated heterocycles. The average molecular weight is 316 g/mol. The Hall–Kier alpha value is -1.22. The summed E-state index contributed by atoms with van der Waals surface area (Å²) in [5.41, 5.74) is 1.09. The zero-order chi connectivity index (χ0) is 14.6. The van der Waals surface area contributed by atoms with Gasteiger partial charge in [0.1, 0.15) is 13.5 Å². The molecule has 1 heterocycles. The first-order valence-corrected chi connectivity index (χ1v) is 8.08. The summed E-state index contributed by atoms with van der Waals surface area (Å²) in [6, 6.07) is 9.80. The molecule has 1 aromatic rings. The Morgan fingerprint density at radius 3 is 2.50 bits per heavy atom. The molecule has 1 aliphatic heterocycles. The maximum atomic E-state index is 10.8. The van der Waals surface area contributed by atoms with Gasteiger partial charge in [-0.15, -0.1) is 0 Å². The average Bonchev–Trinajstić information content (AvgIpc) is 2.40. The lowest BCUT2D eigenvalue weighted by Crippen LogP contribution is -2.51. The van der Waals surface area contributed by atoms with Crippen LogP contribution in [0.25, 0.3) is 0 Å². The fourth-order valence-electron chi connectivity index (χ4n) is 1.87. The van der Waals surface area contributed by atoms with Gasteiger partial charge in [-0.1, -0.05) is 30.3 Å².